The summed E-state index contributed by atoms with van der Waals surface area (Å²) >= 11 is 7.16. The Hall–Kier alpha value is -1.67. The first-order valence-corrected chi connectivity index (χ1v) is 5.16. The molecule has 0 saturated heterocycles. The van der Waals surface area contributed by atoms with Gasteiger partial charge in [-0.15, -0.1) is 15.0 Å². The van der Waals surface area contributed by atoms with Crippen LogP contribution in [0.25, 0.3) is 0 Å². The second-order valence-electron chi connectivity index (χ2n) is 2.78. The number of hydrogen-bond donors (Lipinski definition) is 2. The summed E-state index contributed by atoms with van der Waals surface area (Å²) in [6.07, 6.45) is 0. The number of thiol groups is 2. The van der Waals surface area contributed by atoms with Crippen LogP contribution in [-0.2, 0) is 0 Å². The zero-order valence-corrected chi connectivity index (χ0v) is 10.1. The second-order valence-corrected chi connectivity index (χ2v) is 3.15. The average molecular weight is 269 g/mol. The van der Waals surface area contributed by atoms with Gasteiger partial charge in [-0.2, -0.15) is 0 Å². The van der Waals surface area contributed by atoms with Gasteiger partial charge >= 0.3 is 18.0 Å². The largest absolute Gasteiger partial charge is 0.424 e. The number of rotatable bonds is 4. The summed E-state index contributed by atoms with van der Waals surface area (Å²) in [5.74, 6) is 0.578. The molecule has 0 spiro atoms. The number of nitrogens with zero attached hydrogens (tertiary/aromatic N) is 3. The third kappa shape index (κ3) is 3.14. The molecule has 6 nitrogen and oxygen atoms in total. The van der Waals surface area contributed by atoms with Crippen molar-refractivity contribution in [1.82, 2.24) is 15.0 Å². The third-order valence-corrected chi connectivity index (χ3v) is 2.02. The molecule has 88 valence electrons. The fraction of sp³-hybridized carbons (Fsp3) is 0. The van der Waals surface area contributed by atoms with Crippen LogP contribution >= 0.6 is 25.8 Å². The molecule has 8 heteroatoms. The van der Waals surface area contributed by atoms with E-state index in [0.717, 1.165) is 0 Å². The molecule has 0 N–H and O–H groups in total. The van der Waals surface area contributed by atoms with Crippen molar-refractivity contribution >= 4 is 25.8 Å². The summed E-state index contributed by atoms with van der Waals surface area (Å²) < 4.78 is 14.5. The van der Waals surface area contributed by atoms with E-state index < -0.39 is 0 Å². The molecular weight excluding hydrogens is 262 g/mol. The standard InChI is InChI=1S/C9H7N3O3S2/c16-14-8-10-7(11-9(12-8)15-17)13-6-4-2-1-3-5-6/h1-5,16-17H. The topological polar surface area (TPSA) is 66.4 Å². The molecule has 2 rings (SSSR count). The van der Waals surface area contributed by atoms with E-state index in [0.29, 0.717) is 5.75 Å². The van der Waals surface area contributed by atoms with Crippen molar-refractivity contribution in [3.63, 3.8) is 0 Å². The fourth-order valence-corrected chi connectivity index (χ4v) is 1.20. The van der Waals surface area contributed by atoms with Gasteiger partial charge < -0.3 is 13.1 Å². The lowest BCUT2D eigenvalue weighted by Crippen LogP contribution is -1.98. The van der Waals surface area contributed by atoms with Gasteiger partial charge in [0.25, 0.3) is 0 Å². The maximum atomic E-state index is 5.37. The first kappa shape index (κ1) is 11.8. The third-order valence-electron chi connectivity index (χ3n) is 1.69. The molecular formula is C9H7N3O3S2. The van der Waals surface area contributed by atoms with E-state index in [2.05, 4.69) is 49.1 Å². The summed E-state index contributed by atoms with van der Waals surface area (Å²) in [4.78, 5) is 11.4. The number of hydrogen-bond acceptors (Lipinski definition) is 8. The quantitative estimate of drug-likeness (QED) is 0.654. The first-order valence-electron chi connectivity index (χ1n) is 4.43. The van der Waals surface area contributed by atoms with Crippen molar-refractivity contribution in [2.75, 3.05) is 0 Å². The van der Waals surface area contributed by atoms with E-state index in [-0.39, 0.29) is 18.0 Å². The van der Waals surface area contributed by atoms with Gasteiger partial charge in [0.05, 0.1) is 0 Å². The monoisotopic (exact) mass is 269 g/mol. The molecule has 17 heavy (non-hydrogen) atoms. The molecule has 0 fully saturated rings. The van der Waals surface area contributed by atoms with E-state index in [1.165, 1.54) is 0 Å². The lowest BCUT2D eigenvalue weighted by atomic mass is 10.3. The summed E-state index contributed by atoms with van der Waals surface area (Å²) in [5.41, 5.74) is 0. The number of ether oxygens (including phenoxy) is 1. The van der Waals surface area contributed by atoms with Crippen LogP contribution in [0.1, 0.15) is 0 Å². The number of benzene rings is 1. The average Bonchev–Trinajstić information content (AvgIpc) is 2.39. The molecule has 2 aromatic rings. The van der Waals surface area contributed by atoms with Crippen molar-refractivity contribution < 1.29 is 13.1 Å². The van der Waals surface area contributed by atoms with Crippen LogP contribution < -0.4 is 13.1 Å². The molecule has 0 aliphatic heterocycles. The van der Waals surface area contributed by atoms with E-state index >= 15 is 0 Å². The highest BCUT2D eigenvalue weighted by molar-refractivity contribution is 7.75. The number of para-hydroxylation sites is 1. The lowest BCUT2D eigenvalue weighted by Gasteiger charge is -2.04. The highest BCUT2D eigenvalue weighted by Gasteiger charge is 2.09. The Labute approximate surface area is 108 Å². The van der Waals surface area contributed by atoms with Crippen LogP contribution in [0.2, 0.25) is 0 Å². The van der Waals surface area contributed by atoms with Crippen molar-refractivity contribution in [1.29, 1.82) is 0 Å². The molecule has 0 bridgehead atoms. The zero-order valence-electron chi connectivity index (χ0n) is 8.35. The van der Waals surface area contributed by atoms with Crippen LogP contribution in [0.4, 0.5) is 0 Å². The molecule has 1 aromatic heterocycles. The van der Waals surface area contributed by atoms with Crippen LogP contribution in [0, 0.1) is 0 Å². The molecule has 0 radical (unpaired) electrons. The molecule has 1 heterocycles. The first-order chi connectivity index (χ1) is 8.31. The Morgan fingerprint density at radius 3 is 1.82 bits per heavy atom. The summed E-state index contributed by atoms with van der Waals surface area (Å²) in [6, 6.07) is 8.96. The minimum atomic E-state index is -0.0432. The van der Waals surface area contributed by atoms with Crippen LogP contribution in [0.3, 0.4) is 0 Å². The minimum Gasteiger partial charge on any atom is -0.424 e. The molecule has 0 amide bonds. The van der Waals surface area contributed by atoms with Gasteiger partial charge in [0, 0.05) is 25.8 Å². The Morgan fingerprint density at radius 1 is 0.765 bits per heavy atom. The zero-order chi connectivity index (χ0) is 12.1. The van der Waals surface area contributed by atoms with Crippen LogP contribution in [0.15, 0.2) is 30.3 Å². The Kier molecular flexibility index (Phi) is 3.89. The molecule has 0 aliphatic carbocycles. The smallest absolute Gasteiger partial charge is 0.338 e. The van der Waals surface area contributed by atoms with Crippen molar-refractivity contribution in [2.24, 2.45) is 0 Å². The lowest BCUT2D eigenvalue weighted by molar-refractivity contribution is 0.413. The van der Waals surface area contributed by atoms with E-state index in [1.54, 1.807) is 12.1 Å². The highest BCUT2D eigenvalue weighted by atomic mass is 32.1. The Bertz CT molecular complexity index is 476. The van der Waals surface area contributed by atoms with E-state index in [1.807, 2.05) is 18.2 Å². The normalized spacial score (nSPS) is 9.76. The molecule has 1 aromatic carbocycles. The van der Waals surface area contributed by atoms with Gasteiger partial charge in [-0.25, -0.2) is 0 Å². The Morgan fingerprint density at radius 2 is 1.29 bits per heavy atom. The molecule has 0 atom stereocenters. The summed E-state index contributed by atoms with van der Waals surface area (Å²) in [7, 11) is 0. The predicted octanol–water partition coefficient (Wildman–Crippen LogP) is 2.11. The highest BCUT2D eigenvalue weighted by Crippen LogP contribution is 2.21. The Balaban J connectivity index is 2.26. The van der Waals surface area contributed by atoms with Gasteiger partial charge in [-0.05, 0) is 12.1 Å². The second kappa shape index (κ2) is 5.60. The minimum absolute atomic E-state index is 0.0271. The van der Waals surface area contributed by atoms with Crippen LogP contribution in [0.5, 0.6) is 23.8 Å². The van der Waals surface area contributed by atoms with Crippen molar-refractivity contribution in [3.05, 3.63) is 30.3 Å². The van der Waals surface area contributed by atoms with Gasteiger partial charge in [-0.1, -0.05) is 18.2 Å². The molecule has 0 saturated carbocycles. The number of aromatic nitrogens is 3. The SMILES string of the molecule is SOc1nc(OS)nc(Oc2ccccc2)n1. The van der Waals surface area contributed by atoms with E-state index in [9.17, 15) is 0 Å². The van der Waals surface area contributed by atoms with E-state index in [4.69, 9.17) is 4.74 Å². The summed E-state index contributed by atoms with van der Waals surface area (Å²) in [5, 5.41) is 0. The van der Waals surface area contributed by atoms with Crippen LogP contribution in [-0.4, -0.2) is 15.0 Å². The summed E-state index contributed by atoms with van der Waals surface area (Å²) in [6.45, 7) is 0. The van der Waals surface area contributed by atoms with Gasteiger partial charge in [-0.3, -0.25) is 0 Å². The maximum Gasteiger partial charge on any atom is 0.338 e. The predicted molar refractivity (Wildman–Crippen MR) is 65.6 cm³/mol. The van der Waals surface area contributed by atoms with Gasteiger partial charge in [0.15, 0.2) is 0 Å². The van der Waals surface area contributed by atoms with Gasteiger partial charge in [0.2, 0.25) is 0 Å². The maximum absolute atomic E-state index is 5.37. The van der Waals surface area contributed by atoms with Gasteiger partial charge in [0.1, 0.15) is 5.75 Å². The molecule has 0 unspecified atom stereocenters. The van der Waals surface area contributed by atoms with Crippen molar-refractivity contribution in [2.45, 2.75) is 0 Å². The molecule has 0 aliphatic rings. The van der Waals surface area contributed by atoms with Crippen molar-refractivity contribution in [3.8, 4) is 23.8 Å². The fourth-order valence-electron chi connectivity index (χ4n) is 1.04.